The van der Waals surface area contributed by atoms with Gasteiger partial charge in [0.2, 0.25) is 0 Å². The smallest absolute Gasteiger partial charge is 0.369 e. The molecule has 3 aromatic rings. The van der Waals surface area contributed by atoms with E-state index < -0.39 is 23.5 Å². The van der Waals surface area contributed by atoms with Gasteiger partial charge in [-0.3, -0.25) is 0 Å². The average Bonchev–Trinajstić information content (AvgIpc) is 3.23. The fraction of sp³-hybridized carbons (Fsp3) is 0.211. The summed E-state index contributed by atoms with van der Waals surface area (Å²) in [6, 6.07) is 7.74. The second-order valence-corrected chi connectivity index (χ2v) is 6.94. The molecule has 0 bridgehead atoms. The number of fused-ring (bicyclic) bond motifs is 1. The first-order valence-corrected chi connectivity index (χ1v) is 8.84. The summed E-state index contributed by atoms with van der Waals surface area (Å²) in [4.78, 5) is 0. The molecule has 152 valence electrons. The van der Waals surface area contributed by atoms with Crippen molar-refractivity contribution >= 4 is 17.4 Å². The van der Waals surface area contributed by atoms with Crippen LogP contribution in [0.1, 0.15) is 16.7 Å². The van der Waals surface area contributed by atoms with Crippen LogP contribution in [-0.2, 0) is 18.8 Å². The first kappa shape index (κ1) is 19.6. The van der Waals surface area contributed by atoms with Crippen LogP contribution in [0.2, 0.25) is 5.02 Å². The SMILES string of the molecule is FC(F)(F)c1ccc(-c2nn(-c3ccc(Cl)cc3C(F)(F)F)c3c2CCN3)cc1. The van der Waals surface area contributed by atoms with Crippen LogP contribution in [0.4, 0.5) is 32.2 Å². The molecule has 0 saturated carbocycles. The lowest BCUT2D eigenvalue weighted by Gasteiger charge is -2.15. The molecule has 1 aliphatic heterocycles. The predicted molar refractivity (Wildman–Crippen MR) is 96.2 cm³/mol. The molecule has 2 aromatic carbocycles. The highest BCUT2D eigenvalue weighted by molar-refractivity contribution is 6.30. The zero-order valence-corrected chi connectivity index (χ0v) is 15.3. The Morgan fingerprint density at radius 2 is 1.62 bits per heavy atom. The molecule has 1 N–H and O–H groups in total. The summed E-state index contributed by atoms with van der Waals surface area (Å²) in [5.74, 6) is 0.382. The largest absolute Gasteiger partial charge is 0.418 e. The number of halogens is 7. The number of aromatic nitrogens is 2. The second-order valence-electron chi connectivity index (χ2n) is 6.50. The maximum atomic E-state index is 13.5. The van der Waals surface area contributed by atoms with Crippen molar-refractivity contribution in [2.24, 2.45) is 0 Å². The lowest BCUT2D eigenvalue weighted by atomic mass is 10.0. The van der Waals surface area contributed by atoms with Crippen LogP contribution in [0.3, 0.4) is 0 Å². The number of hydrogen-bond acceptors (Lipinski definition) is 2. The minimum atomic E-state index is -4.66. The van der Waals surface area contributed by atoms with Gasteiger partial charge in [0.1, 0.15) is 5.82 Å². The Balaban J connectivity index is 1.86. The van der Waals surface area contributed by atoms with E-state index in [1.54, 1.807) is 0 Å². The highest BCUT2D eigenvalue weighted by Crippen LogP contribution is 2.40. The maximum Gasteiger partial charge on any atom is 0.418 e. The lowest BCUT2D eigenvalue weighted by Crippen LogP contribution is -2.13. The second kappa shape index (κ2) is 6.69. The lowest BCUT2D eigenvalue weighted by molar-refractivity contribution is -0.138. The first-order valence-electron chi connectivity index (χ1n) is 8.46. The predicted octanol–water partition coefficient (Wildman–Crippen LogP) is 6.20. The Labute approximate surface area is 165 Å². The fourth-order valence-electron chi connectivity index (χ4n) is 3.32. The van der Waals surface area contributed by atoms with Crippen LogP contribution in [0.15, 0.2) is 42.5 Å². The van der Waals surface area contributed by atoms with E-state index in [9.17, 15) is 26.3 Å². The summed E-state index contributed by atoms with van der Waals surface area (Å²) in [6.45, 7) is 0.482. The van der Waals surface area contributed by atoms with E-state index in [0.717, 1.165) is 22.9 Å². The highest BCUT2D eigenvalue weighted by atomic mass is 35.5. The molecular formula is C19H12ClF6N3. The summed E-state index contributed by atoms with van der Waals surface area (Å²) in [6.07, 6.45) is -8.65. The van der Waals surface area contributed by atoms with Crippen molar-refractivity contribution in [1.29, 1.82) is 0 Å². The van der Waals surface area contributed by atoms with E-state index in [2.05, 4.69) is 10.4 Å². The Hall–Kier alpha value is -2.68. The third-order valence-corrected chi connectivity index (χ3v) is 4.86. The van der Waals surface area contributed by atoms with Gasteiger partial charge in [-0.25, -0.2) is 4.68 Å². The monoisotopic (exact) mass is 431 g/mol. The van der Waals surface area contributed by atoms with E-state index in [4.69, 9.17) is 11.6 Å². The number of alkyl halides is 6. The van der Waals surface area contributed by atoms with Gasteiger partial charge >= 0.3 is 12.4 Å². The van der Waals surface area contributed by atoms with Gasteiger partial charge in [0.25, 0.3) is 0 Å². The molecule has 0 unspecified atom stereocenters. The van der Waals surface area contributed by atoms with E-state index >= 15 is 0 Å². The third kappa shape index (κ3) is 3.55. The highest BCUT2D eigenvalue weighted by Gasteiger charge is 2.36. The molecule has 0 radical (unpaired) electrons. The van der Waals surface area contributed by atoms with Gasteiger partial charge < -0.3 is 5.32 Å². The molecule has 0 aliphatic carbocycles. The number of anilines is 1. The van der Waals surface area contributed by atoms with Crippen LogP contribution in [-0.4, -0.2) is 16.3 Å². The van der Waals surface area contributed by atoms with Crippen molar-refractivity contribution in [2.45, 2.75) is 18.8 Å². The van der Waals surface area contributed by atoms with Crippen molar-refractivity contribution in [3.63, 3.8) is 0 Å². The van der Waals surface area contributed by atoms with Crippen LogP contribution in [0.25, 0.3) is 16.9 Å². The number of benzene rings is 2. The van der Waals surface area contributed by atoms with Crippen LogP contribution >= 0.6 is 11.6 Å². The Kier molecular flexibility index (Phi) is 4.53. The number of hydrogen-bond donors (Lipinski definition) is 1. The molecule has 0 saturated heterocycles. The first-order chi connectivity index (χ1) is 13.6. The van der Waals surface area contributed by atoms with Crippen LogP contribution < -0.4 is 5.32 Å². The van der Waals surface area contributed by atoms with E-state index in [0.29, 0.717) is 35.6 Å². The summed E-state index contributed by atoms with van der Waals surface area (Å²) in [7, 11) is 0. The number of nitrogens with zero attached hydrogens (tertiary/aromatic N) is 2. The molecule has 1 aliphatic rings. The van der Waals surface area contributed by atoms with Gasteiger partial charge in [-0.15, -0.1) is 0 Å². The molecule has 3 nitrogen and oxygen atoms in total. The van der Waals surface area contributed by atoms with E-state index in [1.807, 2.05) is 0 Å². The van der Waals surface area contributed by atoms with Crippen molar-refractivity contribution in [3.05, 3.63) is 64.2 Å². The molecule has 29 heavy (non-hydrogen) atoms. The summed E-state index contributed by atoms with van der Waals surface area (Å²) >= 11 is 5.74. The Morgan fingerprint density at radius 1 is 0.931 bits per heavy atom. The van der Waals surface area contributed by atoms with Crippen LogP contribution in [0.5, 0.6) is 0 Å². The summed E-state index contributed by atoms with van der Waals surface area (Å²) in [5, 5.41) is 7.24. The minimum Gasteiger partial charge on any atom is -0.369 e. The van der Waals surface area contributed by atoms with E-state index in [-0.39, 0.29) is 10.7 Å². The van der Waals surface area contributed by atoms with Gasteiger partial charge in [-0.1, -0.05) is 23.7 Å². The van der Waals surface area contributed by atoms with Crippen molar-refractivity contribution < 1.29 is 26.3 Å². The zero-order valence-electron chi connectivity index (χ0n) is 14.5. The molecule has 10 heteroatoms. The summed E-state index contributed by atoms with van der Waals surface area (Å²) in [5.41, 5.74) is -0.616. The fourth-order valence-corrected chi connectivity index (χ4v) is 3.49. The van der Waals surface area contributed by atoms with Gasteiger partial charge in [0.05, 0.1) is 22.5 Å². The van der Waals surface area contributed by atoms with E-state index in [1.165, 1.54) is 24.3 Å². The quantitative estimate of drug-likeness (QED) is 0.490. The molecule has 4 rings (SSSR count). The standard InChI is InChI=1S/C19H12ClF6N3/c20-12-5-6-15(14(9-12)19(24,25)26)29-17-13(7-8-27-17)16(28-29)10-1-3-11(4-2-10)18(21,22)23/h1-6,9,27H,7-8H2. The van der Waals surface area contributed by atoms with Crippen molar-refractivity contribution in [1.82, 2.24) is 9.78 Å². The molecular weight excluding hydrogens is 420 g/mol. The molecule has 0 atom stereocenters. The minimum absolute atomic E-state index is 0.0687. The Bertz CT molecular complexity index is 1070. The molecule has 0 spiro atoms. The van der Waals surface area contributed by atoms with Gasteiger partial charge in [-0.05, 0) is 36.8 Å². The topological polar surface area (TPSA) is 29.9 Å². The third-order valence-electron chi connectivity index (χ3n) is 4.63. The van der Waals surface area contributed by atoms with Gasteiger partial charge in [-0.2, -0.15) is 31.4 Å². The maximum absolute atomic E-state index is 13.5. The van der Waals surface area contributed by atoms with Gasteiger partial charge in [0.15, 0.2) is 0 Å². The van der Waals surface area contributed by atoms with Gasteiger partial charge in [0, 0.05) is 22.7 Å². The summed E-state index contributed by atoms with van der Waals surface area (Å²) < 4.78 is 80.1. The molecule has 1 aromatic heterocycles. The van der Waals surface area contributed by atoms with Crippen LogP contribution in [0, 0.1) is 0 Å². The Morgan fingerprint density at radius 3 is 2.24 bits per heavy atom. The number of rotatable bonds is 2. The average molecular weight is 432 g/mol. The normalized spacial score (nSPS) is 14.0. The van der Waals surface area contributed by atoms with Crippen molar-refractivity contribution in [2.75, 3.05) is 11.9 Å². The number of nitrogens with one attached hydrogen (secondary N) is 1. The zero-order chi connectivity index (χ0) is 21.0. The molecule has 0 fully saturated rings. The molecule has 2 heterocycles. The van der Waals surface area contributed by atoms with Crippen molar-refractivity contribution in [3.8, 4) is 16.9 Å². The molecule has 0 amide bonds.